The summed E-state index contributed by atoms with van der Waals surface area (Å²) < 4.78 is 10.3. The van der Waals surface area contributed by atoms with Gasteiger partial charge in [-0.2, -0.15) is 0 Å². The molecule has 0 atom stereocenters. The Kier molecular flexibility index (Phi) is 3.55. The lowest BCUT2D eigenvalue weighted by molar-refractivity contribution is -0.136. The Morgan fingerprint density at radius 2 is 2.00 bits per heavy atom. The zero-order chi connectivity index (χ0) is 11.4. The maximum Gasteiger partial charge on any atom is 0.307 e. The second-order valence-electron chi connectivity index (χ2n) is 3.23. The number of hydrogen-bond donors (Lipinski definition) is 1. The van der Waals surface area contributed by atoms with Crippen LogP contribution in [-0.2, 0) is 11.2 Å². The van der Waals surface area contributed by atoms with Gasteiger partial charge in [0.2, 0.25) is 0 Å². The van der Waals surface area contributed by atoms with E-state index in [4.69, 9.17) is 14.6 Å². The summed E-state index contributed by atoms with van der Waals surface area (Å²) in [5.41, 5.74) is 1.57. The lowest BCUT2D eigenvalue weighted by atomic mass is 10.1. The van der Waals surface area contributed by atoms with Gasteiger partial charge in [0.1, 0.15) is 0 Å². The van der Waals surface area contributed by atoms with Gasteiger partial charge in [0, 0.05) is 5.56 Å². The van der Waals surface area contributed by atoms with E-state index < -0.39 is 5.97 Å². The van der Waals surface area contributed by atoms with Gasteiger partial charge < -0.3 is 14.6 Å². The van der Waals surface area contributed by atoms with Crippen LogP contribution in [0.4, 0.5) is 0 Å². The molecular formula is C11H14O4. The molecule has 1 rings (SSSR count). The lowest BCUT2D eigenvalue weighted by Gasteiger charge is -2.12. The molecule has 0 radical (unpaired) electrons. The number of carbonyl (C=O) groups is 1. The van der Waals surface area contributed by atoms with Crippen LogP contribution in [0.5, 0.6) is 11.5 Å². The van der Waals surface area contributed by atoms with Gasteiger partial charge in [0.15, 0.2) is 11.5 Å². The van der Waals surface area contributed by atoms with E-state index in [0.717, 1.165) is 5.56 Å². The van der Waals surface area contributed by atoms with Crippen molar-refractivity contribution in [1.29, 1.82) is 0 Å². The fraction of sp³-hybridized carbons (Fsp3) is 0.364. The highest BCUT2D eigenvalue weighted by Gasteiger charge is 2.13. The van der Waals surface area contributed by atoms with Crippen molar-refractivity contribution in [3.05, 3.63) is 23.3 Å². The number of rotatable bonds is 4. The van der Waals surface area contributed by atoms with Crippen molar-refractivity contribution >= 4 is 5.97 Å². The predicted molar refractivity (Wildman–Crippen MR) is 55.6 cm³/mol. The molecule has 0 bridgehead atoms. The van der Waals surface area contributed by atoms with E-state index in [1.54, 1.807) is 6.07 Å². The van der Waals surface area contributed by atoms with E-state index in [1.165, 1.54) is 14.2 Å². The van der Waals surface area contributed by atoms with Crippen LogP contribution in [0.25, 0.3) is 0 Å². The number of benzene rings is 1. The van der Waals surface area contributed by atoms with Gasteiger partial charge >= 0.3 is 5.97 Å². The van der Waals surface area contributed by atoms with Crippen LogP contribution < -0.4 is 9.47 Å². The van der Waals surface area contributed by atoms with Gasteiger partial charge in [0.25, 0.3) is 0 Å². The number of methoxy groups -OCH3 is 2. The molecular weight excluding hydrogens is 196 g/mol. The molecule has 4 heteroatoms. The molecule has 0 fully saturated rings. The molecule has 4 nitrogen and oxygen atoms in total. The smallest absolute Gasteiger partial charge is 0.307 e. The molecule has 1 aromatic carbocycles. The SMILES string of the molecule is COc1cc(C)cc(CC(=O)O)c1OC. The monoisotopic (exact) mass is 210 g/mol. The molecule has 15 heavy (non-hydrogen) atoms. The molecule has 0 unspecified atom stereocenters. The van der Waals surface area contributed by atoms with Gasteiger partial charge in [-0.05, 0) is 18.6 Å². The average molecular weight is 210 g/mol. The van der Waals surface area contributed by atoms with Crippen LogP contribution in [0.3, 0.4) is 0 Å². The molecule has 0 saturated heterocycles. The summed E-state index contributed by atoms with van der Waals surface area (Å²) in [6.45, 7) is 1.88. The van der Waals surface area contributed by atoms with Gasteiger partial charge in [-0.3, -0.25) is 4.79 Å². The van der Waals surface area contributed by atoms with Crippen molar-refractivity contribution in [1.82, 2.24) is 0 Å². The first-order valence-electron chi connectivity index (χ1n) is 4.51. The standard InChI is InChI=1S/C11H14O4/c1-7-4-8(6-10(12)13)11(15-3)9(5-7)14-2/h4-5H,6H2,1-3H3,(H,12,13). The molecule has 1 aromatic rings. The van der Waals surface area contributed by atoms with Crippen LogP contribution >= 0.6 is 0 Å². The molecule has 0 aliphatic heterocycles. The van der Waals surface area contributed by atoms with Crippen molar-refractivity contribution in [3.63, 3.8) is 0 Å². The molecule has 0 aliphatic rings. The van der Waals surface area contributed by atoms with Crippen LogP contribution in [0.2, 0.25) is 0 Å². The van der Waals surface area contributed by atoms with E-state index in [2.05, 4.69) is 0 Å². The quantitative estimate of drug-likeness (QED) is 0.820. The average Bonchev–Trinajstić information content (AvgIpc) is 2.15. The minimum Gasteiger partial charge on any atom is -0.493 e. The molecule has 0 heterocycles. The Morgan fingerprint density at radius 3 is 2.47 bits per heavy atom. The lowest BCUT2D eigenvalue weighted by Crippen LogP contribution is -2.04. The summed E-state index contributed by atoms with van der Waals surface area (Å²) in [7, 11) is 3.03. The van der Waals surface area contributed by atoms with Crippen molar-refractivity contribution in [2.45, 2.75) is 13.3 Å². The van der Waals surface area contributed by atoms with E-state index >= 15 is 0 Å². The number of ether oxygens (including phenoxy) is 2. The molecule has 0 spiro atoms. The molecule has 0 aromatic heterocycles. The van der Waals surface area contributed by atoms with Gasteiger partial charge in [-0.25, -0.2) is 0 Å². The fourth-order valence-electron chi connectivity index (χ4n) is 1.49. The number of hydrogen-bond acceptors (Lipinski definition) is 3. The maximum atomic E-state index is 10.7. The van der Waals surface area contributed by atoms with Crippen molar-refractivity contribution < 1.29 is 19.4 Å². The zero-order valence-corrected chi connectivity index (χ0v) is 9.03. The first-order valence-corrected chi connectivity index (χ1v) is 4.51. The number of aliphatic carboxylic acids is 1. The third kappa shape index (κ3) is 2.62. The molecule has 0 aliphatic carbocycles. The van der Waals surface area contributed by atoms with Gasteiger partial charge in [-0.1, -0.05) is 6.07 Å². The first kappa shape index (κ1) is 11.4. The second-order valence-corrected chi connectivity index (χ2v) is 3.23. The molecule has 1 N–H and O–H groups in total. The minimum absolute atomic E-state index is 0.0682. The summed E-state index contributed by atoms with van der Waals surface area (Å²) in [5, 5.41) is 8.74. The van der Waals surface area contributed by atoms with Crippen LogP contribution in [-0.4, -0.2) is 25.3 Å². The summed E-state index contributed by atoms with van der Waals surface area (Å²) in [6, 6.07) is 3.60. The Labute approximate surface area is 88.4 Å². The normalized spacial score (nSPS) is 9.80. The van der Waals surface area contributed by atoms with Gasteiger partial charge in [0.05, 0.1) is 20.6 Å². The van der Waals surface area contributed by atoms with Crippen LogP contribution in [0, 0.1) is 6.92 Å². The van der Waals surface area contributed by atoms with E-state index in [-0.39, 0.29) is 6.42 Å². The van der Waals surface area contributed by atoms with E-state index in [1.807, 2.05) is 13.0 Å². The predicted octanol–water partition coefficient (Wildman–Crippen LogP) is 1.64. The number of aryl methyl sites for hydroxylation is 1. The van der Waals surface area contributed by atoms with E-state index in [0.29, 0.717) is 17.1 Å². The van der Waals surface area contributed by atoms with Crippen LogP contribution in [0.15, 0.2) is 12.1 Å². The highest BCUT2D eigenvalue weighted by atomic mass is 16.5. The van der Waals surface area contributed by atoms with Crippen molar-refractivity contribution in [2.75, 3.05) is 14.2 Å². The third-order valence-corrected chi connectivity index (χ3v) is 2.04. The van der Waals surface area contributed by atoms with E-state index in [9.17, 15) is 4.79 Å². The number of carboxylic acids is 1. The fourth-order valence-corrected chi connectivity index (χ4v) is 1.49. The zero-order valence-electron chi connectivity index (χ0n) is 9.03. The van der Waals surface area contributed by atoms with Crippen LogP contribution in [0.1, 0.15) is 11.1 Å². The Hall–Kier alpha value is -1.71. The Bertz CT molecular complexity index is 371. The molecule has 0 amide bonds. The first-order chi connectivity index (χ1) is 7.08. The summed E-state index contributed by atoms with van der Waals surface area (Å²) >= 11 is 0. The van der Waals surface area contributed by atoms with Crippen molar-refractivity contribution in [3.8, 4) is 11.5 Å². The van der Waals surface area contributed by atoms with Gasteiger partial charge in [-0.15, -0.1) is 0 Å². The third-order valence-electron chi connectivity index (χ3n) is 2.04. The second kappa shape index (κ2) is 4.68. The molecule has 82 valence electrons. The Morgan fingerprint density at radius 1 is 1.33 bits per heavy atom. The maximum absolute atomic E-state index is 10.7. The molecule has 0 saturated carbocycles. The summed E-state index contributed by atoms with van der Waals surface area (Å²) in [5.74, 6) is 0.167. The number of carboxylic acid groups (broad SMARTS) is 1. The minimum atomic E-state index is -0.888. The highest BCUT2D eigenvalue weighted by molar-refractivity contribution is 5.72. The Balaban J connectivity index is 3.22. The van der Waals surface area contributed by atoms with Crippen molar-refractivity contribution in [2.24, 2.45) is 0 Å². The largest absolute Gasteiger partial charge is 0.493 e. The topological polar surface area (TPSA) is 55.8 Å². The summed E-state index contributed by atoms with van der Waals surface area (Å²) in [4.78, 5) is 10.7. The highest BCUT2D eigenvalue weighted by Crippen LogP contribution is 2.32. The summed E-state index contributed by atoms with van der Waals surface area (Å²) in [6.07, 6.45) is -0.0682.